The van der Waals surface area contributed by atoms with Gasteiger partial charge in [0.1, 0.15) is 17.3 Å². The Morgan fingerprint density at radius 2 is 1.95 bits per heavy atom. The zero-order valence-electron chi connectivity index (χ0n) is 9.34. The van der Waals surface area contributed by atoms with Crippen LogP contribution in [-0.2, 0) is 0 Å². The Balaban J connectivity index is 2.29. The molecular formula is C12H7BrF2N2O2. The molecule has 4 nitrogen and oxygen atoms in total. The lowest BCUT2D eigenvalue weighted by molar-refractivity contribution is 0.102. The van der Waals surface area contributed by atoms with Crippen molar-refractivity contribution in [1.29, 1.82) is 0 Å². The third kappa shape index (κ3) is 3.05. The van der Waals surface area contributed by atoms with Crippen molar-refractivity contribution in [3.05, 3.63) is 62.5 Å². The molecule has 0 saturated heterocycles. The average molecular weight is 329 g/mol. The normalized spacial score (nSPS) is 10.3. The molecule has 1 aromatic heterocycles. The Hall–Kier alpha value is -2.02. The number of nitrogens with one attached hydrogen (secondary N) is 2. The molecule has 0 unspecified atom stereocenters. The molecule has 2 rings (SSSR count). The number of aromatic amines is 1. The van der Waals surface area contributed by atoms with E-state index < -0.39 is 23.1 Å². The number of aromatic nitrogens is 1. The zero-order valence-corrected chi connectivity index (χ0v) is 10.9. The molecule has 1 aromatic carbocycles. The predicted molar refractivity (Wildman–Crippen MR) is 69.1 cm³/mol. The van der Waals surface area contributed by atoms with Crippen LogP contribution in [0.15, 0.2) is 39.6 Å². The van der Waals surface area contributed by atoms with Gasteiger partial charge in [-0.2, -0.15) is 0 Å². The maximum absolute atomic E-state index is 13.4. The summed E-state index contributed by atoms with van der Waals surface area (Å²) in [7, 11) is 0. The van der Waals surface area contributed by atoms with Gasteiger partial charge in [0.05, 0.1) is 10.2 Å². The summed E-state index contributed by atoms with van der Waals surface area (Å²) in [4.78, 5) is 25.1. The summed E-state index contributed by atoms with van der Waals surface area (Å²) >= 11 is 2.89. The number of anilines is 1. The van der Waals surface area contributed by atoms with E-state index in [0.29, 0.717) is 6.07 Å². The molecule has 0 spiro atoms. The van der Waals surface area contributed by atoms with Gasteiger partial charge in [0.15, 0.2) is 0 Å². The number of hydrogen-bond donors (Lipinski definition) is 2. The van der Waals surface area contributed by atoms with Gasteiger partial charge in [-0.1, -0.05) is 6.07 Å². The number of carbonyl (C=O) groups is 1. The lowest BCUT2D eigenvalue weighted by Gasteiger charge is -2.07. The summed E-state index contributed by atoms with van der Waals surface area (Å²) in [6, 6.07) is 5.75. The van der Waals surface area contributed by atoms with E-state index in [2.05, 4.69) is 26.2 Å². The second-order valence-corrected chi connectivity index (χ2v) is 4.48. The van der Waals surface area contributed by atoms with Crippen LogP contribution in [0.25, 0.3) is 0 Å². The molecule has 7 heteroatoms. The Labute approximate surface area is 114 Å². The predicted octanol–water partition coefficient (Wildman–Crippen LogP) is 2.67. The molecule has 1 amide bonds. The van der Waals surface area contributed by atoms with Crippen molar-refractivity contribution in [3.63, 3.8) is 0 Å². The standard InChI is InChI=1S/C12H7BrF2N2O2/c13-6-4-10(8(15)5-7(6)14)17-12(19)9-2-1-3-11(18)16-9/h1-5H,(H,16,18)(H,17,19). The topological polar surface area (TPSA) is 62.0 Å². The van der Waals surface area contributed by atoms with Crippen molar-refractivity contribution in [2.24, 2.45) is 0 Å². The maximum atomic E-state index is 13.4. The highest BCUT2D eigenvalue weighted by Gasteiger charge is 2.12. The number of halogens is 3. The summed E-state index contributed by atoms with van der Waals surface area (Å²) in [5.41, 5.74) is -0.663. The van der Waals surface area contributed by atoms with Crippen molar-refractivity contribution in [2.75, 3.05) is 5.32 Å². The highest BCUT2D eigenvalue weighted by atomic mass is 79.9. The Kier molecular flexibility index (Phi) is 3.75. The molecule has 2 N–H and O–H groups in total. The van der Waals surface area contributed by atoms with Gasteiger partial charge in [-0.05, 0) is 28.1 Å². The first-order chi connectivity index (χ1) is 8.97. The van der Waals surface area contributed by atoms with E-state index in [4.69, 9.17) is 0 Å². The molecule has 0 atom stereocenters. The zero-order chi connectivity index (χ0) is 14.0. The van der Waals surface area contributed by atoms with Crippen LogP contribution in [0, 0.1) is 11.6 Å². The Morgan fingerprint density at radius 3 is 2.63 bits per heavy atom. The molecule has 98 valence electrons. The van der Waals surface area contributed by atoms with Crippen LogP contribution in [0.4, 0.5) is 14.5 Å². The van der Waals surface area contributed by atoms with Gasteiger partial charge in [-0.3, -0.25) is 9.59 Å². The monoisotopic (exact) mass is 328 g/mol. The fourth-order valence-corrected chi connectivity index (χ4v) is 1.73. The van der Waals surface area contributed by atoms with E-state index in [1.807, 2.05) is 0 Å². The number of benzene rings is 1. The third-order valence-electron chi connectivity index (χ3n) is 2.27. The molecule has 0 bridgehead atoms. The van der Waals surface area contributed by atoms with Gasteiger partial charge in [-0.15, -0.1) is 0 Å². The van der Waals surface area contributed by atoms with Gasteiger partial charge < -0.3 is 10.3 Å². The Bertz CT molecular complexity index is 700. The third-order valence-corrected chi connectivity index (χ3v) is 2.88. The molecule has 19 heavy (non-hydrogen) atoms. The molecule has 0 saturated carbocycles. The fraction of sp³-hybridized carbons (Fsp3) is 0. The van der Waals surface area contributed by atoms with E-state index in [1.54, 1.807) is 0 Å². The number of rotatable bonds is 2. The van der Waals surface area contributed by atoms with Crippen LogP contribution in [-0.4, -0.2) is 10.9 Å². The summed E-state index contributed by atoms with van der Waals surface area (Å²) < 4.78 is 26.5. The lowest BCUT2D eigenvalue weighted by Crippen LogP contribution is -2.18. The van der Waals surface area contributed by atoms with Crippen molar-refractivity contribution in [2.45, 2.75) is 0 Å². The van der Waals surface area contributed by atoms with Crippen molar-refractivity contribution in [3.8, 4) is 0 Å². The van der Waals surface area contributed by atoms with Gasteiger partial charge in [-0.25, -0.2) is 8.78 Å². The number of carbonyl (C=O) groups excluding carboxylic acids is 1. The number of hydrogen-bond acceptors (Lipinski definition) is 2. The SMILES string of the molecule is O=C(Nc1cc(Br)c(F)cc1F)c1cccc(=O)[nH]1. The average Bonchev–Trinajstić information content (AvgIpc) is 2.36. The van der Waals surface area contributed by atoms with Crippen LogP contribution in [0.5, 0.6) is 0 Å². The van der Waals surface area contributed by atoms with Crippen molar-refractivity contribution >= 4 is 27.5 Å². The molecule has 0 radical (unpaired) electrons. The summed E-state index contributed by atoms with van der Waals surface area (Å²) in [6.45, 7) is 0. The van der Waals surface area contributed by atoms with E-state index >= 15 is 0 Å². The number of H-pyrrole nitrogens is 1. The minimum absolute atomic E-state index is 0.0192. The van der Waals surface area contributed by atoms with Crippen LogP contribution >= 0.6 is 15.9 Å². The van der Waals surface area contributed by atoms with Gasteiger partial charge >= 0.3 is 0 Å². The minimum atomic E-state index is -0.910. The lowest BCUT2D eigenvalue weighted by atomic mass is 10.2. The summed E-state index contributed by atoms with van der Waals surface area (Å²) in [5.74, 6) is -2.38. The summed E-state index contributed by atoms with van der Waals surface area (Å²) in [6.07, 6.45) is 0. The van der Waals surface area contributed by atoms with E-state index in [9.17, 15) is 18.4 Å². The highest BCUT2D eigenvalue weighted by molar-refractivity contribution is 9.10. The molecule has 2 aromatic rings. The first-order valence-electron chi connectivity index (χ1n) is 5.12. The second-order valence-electron chi connectivity index (χ2n) is 3.63. The van der Waals surface area contributed by atoms with Crippen LogP contribution in [0.2, 0.25) is 0 Å². The van der Waals surface area contributed by atoms with Crippen LogP contribution < -0.4 is 10.9 Å². The second kappa shape index (κ2) is 5.31. The molecule has 0 aliphatic carbocycles. The molecular weight excluding hydrogens is 322 g/mol. The number of amides is 1. The van der Waals surface area contributed by atoms with Gasteiger partial charge in [0.25, 0.3) is 5.91 Å². The first kappa shape index (κ1) is 13.4. The molecule has 1 heterocycles. The first-order valence-corrected chi connectivity index (χ1v) is 5.92. The van der Waals surface area contributed by atoms with Gasteiger partial charge in [0.2, 0.25) is 5.56 Å². The van der Waals surface area contributed by atoms with E-state index in [1.165, 1.54) is 18.2 Å². The van der Waals surface area contributed by atoms with Gasteiger partial charge in [0, 0.05) is 12.1 Å². The smallest absolute Gasteiger partial charge is 0.272 e. The fourth-order valence-electron chi connectivity index (χ4n) is 1.39. The molecule has 0 fully saturated rings. The number of pyridine rings is 1. The van der Waals surface area contributed by atoms with Crippen LogP contribution in [0.3, 0.4) is 0 Å². The van der Waals surface area contributed by atoms with E-state index in [0.717, 1.165) is 6.07 Å². The maximum Gasteiger partial charge on any atom is 0.272 e. The quantitative estimate of drug-likeness (QED) is 0.832. The largest absolute Gasteiger partial charge is 0.318 e. The van der Waals surface area contributed by atoms with Crippen molar-refractivity contribution in [1.82, 2.24) is 4.98 Å². The van der Waals surface area contributed by atoms with Crippen LogP contribution in [0.1, 0.15) is 10.5 Å². The highest BCUT2D eigenvalue weighted by Crippen LogP contribution is 2.23. The molecule has 0 aliphatic heterocycles. The summed E-state index contributed by atoms with van der Waals surface area (Å²) in [5, 5.41) is 2.24. The van der Waals surface area contributed by atoms with Crippen molar-refractivity contribution < 1.29 is 13.6 Å². The minimum Gasteiger partial charge on any atom is -0.318 e. The van der Waals surface area contributed by atoms with E-state index in [-0.39, 0.29) is 15.9 Å². The molecule has 0 aliphatic rings. The Morgan fingerprint density at radius 1 is 1.21 bits per heavy atom.